The van der Waals surface area contributed by atoms with Gasteiger partial charge in [0.05, 0.1) is 16.5 Å². The number of rotatable bonds is 3. The van der Waals surface area contributed by atoms with Crippen LogP contribution in [0.25, 0.3) is 0 Å². The van der Waals surface area contributed by atoms with E-state index in [4.69, 9.17) is 21.1 Å². The van der Waals surface area contributed by atoms with Crippen molar-refractivity contribution < 1.29 is 14.6 Å². The van der Waals surface area contributed by atoms with E-state index in [0.717, 1.165) is 16.9 Å². The standard InChI is InChI=1S/C18H14ClNO4S/c19-13-3-1-2-4-14(13)24-10-5-6-11-12(7-8-23-15(11)9-10)16-17(21)20-18(22)25-16/h1-6,9,12,21H,7-8H2,(H,20,22)/t12-/m1/s1. The lowest BCUT2D eigenvalue weighted by Crippen LogP contribution is -2.14. The minimum Gasteiger partial charge on any atom is -0.494 e. The molecule has 0 unspecified atom stereocenters. The van der Waals surface area contributed by atoms with Crippen LogP contribution in [0, 0.1) is 0 Å². The molecule has 1 aromatic heterocycles. The summed E-state index contributed by atoms with van der Waals surface area (Å²) in [5.41, 5.74) is 0.920. The van der Waals surface area contributed by atoms with Crippen LogP contribution >= 0.6 is 22.9 Å². The van der Waals surface area contributed by atoms with Crippen molar-refractivity contribution in [2.75, 3.05) is 6.61 Å². The monoisotopic (exact) mass is 375 g/mol. The number of aromatic nitrogens is 1. The number of nitrogens with one attached hydrogen (secondary N) is 1. The Morgan fingerprint density at radius 2 is 2.12 bits per heavy atom. The normalized spacial score (nSPS) is 16.1. The third kappa shape index (κ3) is 3.10. The molecule has 0 aliphatic carbocycles. The molecule has 0 amide bonds. The number of halogens is 1. The van der Waals surface area contributed by atoms with Gasteiger partial charge in [-0.2, -0.15) is 0 Å². The lowest BCUT2D eigenvalue weighted by atomic mass is 9.92. The van der Waals surface area contributed by atoms with Crippen molar-refractivity contribution in [1.82, 2.24) is 4.98 Å². The van der Waals surface area contributed by atoms with Crippen molar-refractivity contribution in [3.8, 4) is 23.1 Å². The molecule has 25 heavy (non-hydrogen) atoms. The van der Waals surface area contributed by atoms with E-state index in [0.29, 0.717) is 40.2 Å². The summed E-state index contributed by atoms with van der Waals surface area (Å²) in [6.07, 6.45) is 0.694. The van der Waals surface area contributed by atoms with Gasteiger partial charge in [0.2, 0.25) is 5.88 Å². The fourth-order valence-electron chi connectivity index (χ4n) is 2.93. The van der Waals surface area contributed by atoms with Crippen LogP contribution in [0.3, 0.4) is 0 Å². The number of hydrogen-bond acceptors (Lipinski definition) is 5. The third-order valence-electron chi connectivity index (χ3n) is 4.06. The fourth-order valence-corrected chi connectivity index (χ4v) is 3.98. The molecule has 0 saturated carbocycles. The Morgan fingerprint density at radius 3 is 2.88 bits per heavy atom. The van der Waals surface area contributed by atoms with Crippen molar-refractivity contribution in [2.45, 2.75) is 12.3 Å². The summed E-state index contributed by atoms with van der Waals surface area (Å²) in [7, 11) is 0. The first-order chi connectivity index (χ1) is 12.1. The minimum atomic E-state index is -0.265. The van der Waals surface area contributed by atoms with E-state index < -0.39 is 0 Å². The smallest absolute Gasteiger partial charge is 0.307 e. The van der Waals surface area contributed by atoms with Crippen LogP contribution in [0.15, 0.2) is 47.3 Å². The molecule has 1 aliphatic heterocycles. The Kier molecular flexibility index (Phi) is 4.15. The molecule has 2 heterocycles. The fraction of sp³-hybridized carbons (Fsp3) is 0.167. The average Bonchev–Trinajstić information content (AvgIpc) is 2.94. The van der Waals surface area contributed by atoms with Gasteiger partial charge in [-0.15, -0.1) is 0 Å². The first kappa shape index (κ1) is 16.1. The number of aromatic amines is 1. The van der Waals surface area contributed by atoms with Crippen LogP contribution in [0.4, 0.5) is 0 Å². The Hall–Kier alpha value is -2.44. The van der Waals surface area contributed by atoms with E-state index in [-0.39, 0.29) is 16.7 Å². The van der Waals surface area contributed by atoms with Gasteiger partial charge >= 0.3 is 4.87 Å². The summed E-state index contributed by atoms with van der Waals surface area (Å²) in [5, 5.41) is 10.5. The number of thiazole rings is 1. The summed E-state index contributed by atoms with van der Waals surface area (Å²) in [5.74, 6) is 1.71. The predicted molar refractivity (Wildman–Crippen MR) is 96.5 cm³/mol. The number of fused-ring (bicyclic) bond motifs is 1. The lowest BCUT2D eigenvalue weighted by Gasteiger charge is -2.25. The topological polar surface area (TPSA) is 71.6 Å². The molecular weight excluding hydrogens is 362 g/mol. The van der Waals surface area contributed by atoms with Crippen LogP contribution in [0.5, 0.6) is 23.1 Å². The molecule has 5 nitrogen and oxygen atoms in total. The highest BCUT2D eigenvalue weighted by Gasteiger charge is 2.28. The zero-order chi connectivity index (χ0) is 17.4. The first-order valence-corrected chi connectivity index (χ1v) is 8.92. The quantitative estimate of drug-likeness (QED) is 0.706. The van der Waals surface area contributed by atoms with Crippen LogP contribution in [0.1, 0.15) is 22.8 Å². The zero-order valence-corrected chi connectivity index (χ0v) is 14.6. The second-order valence-corrected chi connectivity index (χ2v) is 7.07. The van der Waals surface area contributed by atoms with Crippen LogP contribution in [-0.2, 0) is 0 Å². The summed E-state index contributed by atoms with van der Waals surface area (Å²) < 4.78 is 11.6. The van der Waals surface area contributed by atoms with Gasteiger partial charge in [0.25, 0.3) is 0 Å². The minimum absolute atomic E-state index is 0.0655. The third-order valence-corrected chi connectivity index (χ3v) is 5.36. The van der Waals surface area contributed by atoms with Gasteiger partial charge in [0.15, 0.2) is 0 Å². The van der Waals surface area contributed by atoms with Gasteiger partial charge in [0, 0.05) is 17.5 Å². The molecule has 4 rings (SSSR count). The van der Waals surface area contributed by atoms with E-state index in [9.17, 15) is 9.90 Å². The maximum Gasteiger partial charge on any atom is 0.307 e. The largest absolute Gasteiger partial charge is 0.494 e. The number of H-pyrrole nitrogens is 1. The van der Waals surface area contributed by atoms with Crippen molar-refractivity contribution >= 4 is 22.9 Å². The molecule has 3 aromatic rings. The van der Waals surface area contributed by atoms with Gasteiger partial charge in [0.1, 0.15) is 17.2 Å². The summed E-state index contributed by atoms with van der Waals surface area (Å²) >= 11 is 7.15. The van der Waals surface area contributed by atoms with Crippen molar-refractivity contribution in [1.29, 1.82) is 0 Å². The highest BCUT2D eigenvalue weighted by molar-refractivity contribution is 7.09. The maximum atomic E-state index is 11.5. The van der Waals surface area contributed by atoms with Crippen molar-refractivity contribution in [3.63, 3.8) is 0 Å². The number of hydrogen-bond donors (Lipinski definition) is 2. The summed E-state index contributed by atoms with van der Waals surface area (Å²) in [6, 6.07) is 12.8. The zero-order valence-electron chi connectivity index (χ0n) is 13.0. The Labute approximate surface area is 152 Å². The number of aromatic hydroxyl groups is 1. The molecule has 0 fully saturated rings. The van der Waals surface area contributed by atoms with Crippen LogP contribution in [-0.4, -0.2) is 16.7 Å². The molecule has 2 aromatic carbocycles. The van der Waals surface area contributed by atoms with Gasteiger partial charge in [-0.3, -0.25) is 9.78 Å². The second-order valence-electron chi connectivity index (χ2n) is 5.65. The highest BCUT2D eigenvalue weighted by Crippen LogP contribution is 2.43. The van der Waals surface area contributed by atoms with Gasteiger partial charge in [-0.05, 0) is 24.6 Å². The Morgan fingerprint density at radius 1 is 1.28 bits per heavy atom. The predicted octanol–water partition coefficient (Wildman–Crippen LogP) is 4.50. The molecule has 128 valence electrons. The Balaban J connectivity index is 1.67. The van der Waals surface area contributed by atoms with E-state index in [1.807, 2.05) is 24.3 Å². The average molecular weight is 376 g/mol. The van der Waals surface area contributed by atoms with E-state index >= 15 is 0 Å². The number of ether oxygens (including phenoxy) is 2. The number of benzene rings is 2. The molecule has 1 aliphatic rings. The first-order valence-electron chi connectivity index (χ1n) is 7.73. The molecule has 0 radical (unpaired) electrons. The van der Waals surface area contributed by atoms with E-state index in [1.54, 1.807) is 18.2 Å². The van der Waals surface area contributed by atoms with Gasteiger partial charge in [-0.25, -0.2) is 0 Å². The second kappa shape index (κ2) is 6.46. The lowest BCUT2D eigenvalue weighted by molar-refractivity contribution is 0.275. The molecule has 0 spiro atoms. The SMILES string of the molecule is O=c1[nH]c(O)c([C@@H]2CCOc3cc(Oc4ccccc4Cl)ccc32)s1. The Bertz CT molecular complexity index is 981. The van der Waals surface area contributed by atoms with Crippen LogP contribution < -0.4 is 14.3 Å². The molecular formula is C18H14ClNO4S. The van der Waals surface area contributed by atoms with Crippen LogP contribution in [0.2, 0.25) is 5.02 Å². The van der Waals surface area contributed by atoms with Gasteiger partial charge in [-0.1, -0.05) is 41.1 Å². The van der Waals surface area contributed by atoms with E-state index in [1.165, 1.54) is 0 Å². The van der Waals surface area contributed by atoms with Gasteiger partial charge < -0.3 is 14.6 Å². The summed E-state index contributed by atoms with van der Waals surface area (Å²) in [6.45, 7) is 0.499. The molecule has 0 bridgehead atoms. The molecule has 0 saturated heterocycles. The van der Waals surface area contributed by atoms with Crippen molar-refractivity contribution in [3.05, 3.63) is 67.6 Å². The van der Waals surface area contributed by atoms with E-state index in [2.05, 4.69) is 4.98 Å². The number of para-hydroxylation sites is 1. The molecule has 2 N–H and O–H groups in total. The van der Waals surface area contributed by atoms with Crippen molar-refractivity contribution in [2.24, 2.45) is 0 Å². The molecule has 7 heteroatoms. The highest BCUT2D eigenvalue weighted by atomic mass is 35.5. The maximum absolute atomic E-state index is 11.5. The summed E-state index contributed by atoms with van der Waals surface area (Å²) in [4.78, 5) is 14.3. The molecule has 1 atom stereocenters.